The van der Waals surface area contributed by atoms with Crippen molar-refractivity contribution in [1.82, 2.24) is 0 Å². The van der Waals surface area contributed by atoms with Crippen molar-refractivity contribution in [3.63, 3.8) is 0 Å². The average Bonchev–Trinajstić information content (AvgIpc) is 2.50. The van der Waals surface area contributed by atoms with Crippen molar-refractivity contribution in [2.45, 2.75) is 31.7 Å². The molecule has 1 fully saturated rings. The van der Waals surface area contributed by atoms with E-state index in [0.717, 1.165) is 0 Å². The van der Waals surface area contributed by atoms with Crippen LogP contribution in [0, 0.1) is 0 Å². The largest absolute Gasteiger partial charge is 0.549 e. The summed E-state index contributed by atoms with van der Waals surface area (Å²) in [6, 6.07) is 0. The fraction of sp³-hybridized carbons (Fsp3) is 1.00. The first-order valence-corrected chi connectivity index (χ1v) is 7.72. The van der Waals surface area contributed by atoms with Gasteiger partial charge in [0.1, 0.15) is 0 Å². The molecule has 24 heavy (non-hydrogen) atoms. The van der Waals surface area contributed by atoms with Crippen LogP contribution in [0.2, 0.25) is 0 Å². The van der Waals surface area contributed by atoms with Crippen LogP contribution in [0.1, 0.15) is 19.3 Å². The number of ether oxygens (including phenoxy) is 5. The van der Waals surface area contributed by atoms with Gasteiger partial charge in [0.25, 0.3) is 0 Å². The van der Waals surface area contributed by atoms with Gasteiger partial charge in [-0.05, 0) is 19.3 Å². The minimum Gasteiger partial charge on any atom is -0.382 e. The molecule has 1 aliphatic carbocycles. The predicted octanol–water partition coefficient (Wildman–Crippen LogP) is 2.25. The second-order valence-corrected chi connectivity index (χ2v) is 4.79. The highest BCUT2D eigenvalue weighted by atomic mass is 19.4. The minimum atomic E-state index is -4.90. The Hall–Kier alpha value is -0.490. The van der Waals surface area contributed by atoms with Gasteiger partial charge in [-0.2, -0.15) is 0 Å². The van der Waals surface area contributed by atoms with Gasteiger partial charge >= 0.3 is 6.36 Å². The molecule has 0 heterocycles. The molecule has 7 nitrogen and oxygen atoms in total. The van der Waals surface area contributed by atoms with Crippen LogP contribution in [0.3, 0.4) is 0 Å². The zero-order chi connectivity index (χ0) is 18.1. The Bertz CT molecular complexity index is 263. The third kappa shape index (κ3) is 17.9. The molecule has 0 radical (unpaired) electrons. The van der Waals surface area contributed by atoms with E-state index >= 15 is 0 Å². The fourth-order valence-electron chi connectivity index (χ4n) is 1.50. The number of alkyl halides is 3. The zero-order valence-corrected chi connectivity index (χ0v) is 13.9. The van der Waals surface area contributed by atoms with E-state index in [4.69, 9.17) is 28.9 Å². The SMILES string of the molecule is COCCOCCOCCOCCOC1CCC1.OOC(F)(F)F. The highest BCUT2D eigenvalue weighted by Crippen LogP contribution is 2.21. The Labute approximate surface area is 139 Å². The van der Waals surface area contributed by atoms with Crippen LogP contribution in [0.5, 0.6) is 0 Å². The quantitative estimate of drug-likeness (QED) is 0.305. The van der Waals surface area contributed by atoms with Crippen LogP contribution < -0.4 is 0 Å². The first-order valence-electron chi connectivity index (χ1n) is 7.72. The standard InChI is InChI=1S/C13H26O5.CHF3O2/c1-14-5-6-15-7-8-16-9-10-17-11-12-18-13-3-2-4-13;2-1(3,4)6-5/h13H,2-12H2,1H3;5H. The van der Waals surface area contributed by atoms with Crippen molar-refractivity contribution in [2.24, 2.45) is 0 Å². The molecule has 0 aliphatic heterocycles. The summed E-state index contributed by atoms with van der Waals surface area (Å²) in [6.07, 6.45) is -0.668. The molecule has 1 N–H and O–H groups in total. The lowest BCUT2D eigenvalue weighted by molar-refractivity contribution is -0.464. The number of halogens is 3. The van der Waals surface area contributed by atoms with E-state index in [1.54, 1.807) is 7.11 Å². The summed E-state index contributed by atoms with van der Waals surface area (Å²) in [5, 5.41) is 6.78. The lowest BCUT2D eigenvalue weighted by Crippen LogP contribution is -2.23. The molecule has 0 amide bonds. The zero-order valence-electron chi connectivity index (χ0n) is 13.9. The first-order chi connectivity index (χ1) is 11.5. The maximum Gasteiger partial charge on any atom is 0.549 e. The molecule has 0 saturated heterocycles. The third-order valence-electron chi connectivity index (χ3n) is 2.91. The molecule has 1 saturated carbocycles. The minimum absolute atomic E-state index is 0.495. The summed E-state index contributed by atoms with van der Waals surface area (Å²) in [4.78, 5) is 1.94. The van der Waals surface area contributed by atoms with E-state index in [1.165, 1.54) is 19.3 Å². The van der Waals surface area contributed by atoms with E-state index < -0.39 is 6.36 Å². The number of rotatable bonds is 13. The Morgan fingerprint density at radius 2 is 1.25 bits per heavy atom. The van der Waals surface area contributed by atoms with E-state index in [1.807, 2.05) is 4.89 Å². The van der Waals surface area contributed by atoms with Crippen molar-refractivity contribution >= 4 is 0 Å². The third-order valence-corrected chi connectivity index (χ3v) is 2.91. The Morgan fingerprint density at radius 1 is 0.833 bits per heavy atom. The summed E-state index contributed by atoms with van der Waals surface area (Å²) in [5.41, 5.74) is 0. The summed E-state index contributed by atoms with van der Waals surface area (Å²) in [7, 11) is 1.66. The van der Waals surface area contributed by atoms with Crippen molar-refractivity contribution < 1.29 is 47.0 Å². The second kappa shape index (κ2) is 16.0. The molecule has 0 aromatic carbocycles. The summed E-state index contributed by atoms with van der Waals surface area (Å²) in [6.45, 7) is 5.04. The fourth-order valence-corrected chi connectivity index (χ4v) is 1.50. The predicted molar refractivity (Wildman–Crippen MR) is 77.7 cm³/mol. The van der Waals surface area contributed by atoms with E-state index in [0.29, 0.717) is 59.0 Å². The molecule has 0 aromatic heterocycles. The number of methoxy groups -OCH3 is 1. The van der Waals surface area contributed by atoms with E-state index in [-0.39, 0.29) is 0 Å². The number of hydrogen-bond acceptors (Lipinski definition) is 7. The van der Waals surface area contributed by atoms with Gasteiger partial charge in [0.05, 0.1) is 59.0 Å². The van der Waals surface area contributed by atoms with Crippen LogP contribution in [0.15, 0.2) is 0 Å². The molecular weight excluding hydrogens is 337 g/mol. The van der Waals surface area contributed by atoms with Crippen LogP contribution in [-0.4, -0.2) is 77.7 Å². The molecule has 0 bridgehead atoms. The molecule has 0 atom stereocenters. The maximum absolute atomic E-state index is 10.3. The second-order valence-electron chi connectivity index (χ2n) is 4.79. The molecule has 1 aliphatic rings. The van der Waals surface area contributed by atoms with Gasteiger partial charge in [-0.3, -0.25) is 0 Å². The molecule has 0 unspecified atom stereocenters. The highest BCUT2D eigenvalue weighted by molar-refractivity contribution is 4.68. The van der Waals surface area contributed by atoms with Gasteiger partial charge < -0.3 is 23.7 Å². The van der Waals surface area contributed by atoms with Crippen LogP contribution in [0.4, 0.5) is 13.2 Å². The van der Waals surface area contributed by atoms with Crippen LogP contribution in [0.25, 0.3) is 0 Å². The van der Waals surface area contributed by atoms with Gasteiger partial charge in [-0.1, -0.05) is 0 Å². The van der Waals surface area contributed by atoms with Crippen molar-refractivity contribution in [3.8, 4) is 0 Å². The van der Waals surface area contributed by atoms with Gasteiger partial charge in [0.2, 0.25) is 0 Å². The maximum atomic E-state index is 10.3. The van der Waals surface area contributed by atoms with Crippen molar-refractivity contribution in [2.75, 3.05) is 60.0 Å². The Morgan fingerprint density at radius 3 is 1.58 bits per heavy atom. The van der Waals surface area contributed by atoms with Gasteiger partial charge in [-0.15, -0.1) is 18.1 Å². The van der Waals surface area contributed by atoms with Crippen LogP contribution in [-0.2, 0) is 28.6 Å². The summed E-state index contributed by atoms with van der Waals surface area (Å²) in [5.74, 6) is 0. The summed E-state index contributed by atoms with van der Waals surface area (Å²) < 4.78 is 57.3. The lowest BCUT2D eigenvalue weighted by Gasteiger charge is -2.25. The molecule has 146 valence electrons. The van der Waals surface area contributed by atoms with Gasteiger partial charge in [-0.25, -0.2) is 5.26 Å². The lowest BCUT2D eigenvalue weighted by atomic mass is 9.96. The first kappa shape index (κ1) is 23.5. The van der Waals surface area contributed by atoms with Crippen LogP contribution >= 0.6 is 0 Å². The molecule has 10 heteroatoms. The Balaban J connectivity index is 0.000000754. The smallest absolute Gasteiger partial charge is 0.382 e. The van der Waals surface area contributed by atoms with E-state index in [9.17, 15) is 13.2 Å². The monoisotopic (exact) mass is 364 g/mol. The van der Waals surface area contributed by atoms with Crippen molar-refractivity contribution in [1.29, 1.82) is 0 Å². The van der Waals surface area contributed by atoms with Crippen molar-refractivity contribution in [3.05, 3.63) is 0 Å². The topological polar surface area (TPSA) is 75.6 Å². The summed E-state index contributed by atoms with van der Waals surface area (Å²) >= 11 is 0. The normalized spacial score (nSPS) is 14.9. The molecule has 0 aromatic rings. The Kier molecular flexibility index (Phi) is 15.7. The van der Waals surface area contributed by atoms with Gasteiger partial charge in [0.15, 0.2) is 0 Å². The van der Waals surface area contributed by atoms with Gasteiger partial charge in [0, 0.05) is 7.11 Å². The molecular formula is C14H27F3O7. The highest BCUT2D eigenvalue weighted by Gasteiger charge is 2.28. The number of hydrogen-bond donors (Lipinski definition) is 1. The molecule has 0 spiro atoms. The average molecular weight is 364 g/mol. The van der Waals surface area contributed by atoms with E-state index in [2.05, 4.69) is 0 Å². The molecule has 1 rings (SSSR count).